The molecule has 176 valence electrons. The molecule has 2 heteroatoms. The Morgan fingerprint density at radius 3 is 0.939 bits per heavy atom. The van der Waals surface area contributed by atoms with E-state index in [2.05, 4.69) is 133 Å². The summed E-state index contributed by atoms with van der Waals surface area (Å²) in [7, 11) is 2.00. The van der Waals surface area contributed by atoms with Crippen molar-refractivity contribution in [2.45, 2.75) is 72.0 Å². The van der Waals surface area contributed by atoms with Crippen molar-refractivity contribution in [1.29, 1.82) is 0 Å². The SMILES string of the molecule is C[O][Ti]([CH2]C(C)(C)c1ccccc1)([CH2]C(C)(C)c1ccccc1)[CH2]C(C)(C)c1ccccc1. The van der Waals surface area contributed by atoms with Gasteiger partial charge in [0, 0.05) is 0 Å². The molecular formula is C31H42OTi. The van der Waals surface area contributed by atoms with Crippen molar-refractivity contribution in [3.63, 3.8) is 0 Å². The van der Waals surface area contributed by atoms with Crippen LogP contribution in [0.3, 0.4) is 0 Å². The molecule has 0 saturated carbocycles. The van der Waals surface area contributed by atoms with Crippen molar-refractivity contribution in [1.82, 2.24) is 0 Å². The molecule has 0 aliphatic rings. The van der Waals surface area contributed by atoms with E-state index in [-0.39, 0.29) is 16.2 Å². The van der Waals surface area contributed by atoms with Gasteiger partial charge < -0.3 is 0 Å². The second-order valence-corrected chi connectivity index (χ2v) is 17.7. The van der Waals surface area contributed by atoms with Gasteiger partial charge in [0.15, 0.2) is 0 Å². The average Bonchev–Trinajstić information content (AvgIpc) is 2.80. The maximum atomic E-state index is 6.80. The van der Waals surface area contributed by atoms with E-state index in [4.69, 9.17) is 3.32 Å². The molecule has 3 rings (SSSR count). The zero-order valence-electron chi connectivity index (χ0n) is 21.7. The third kappa shape index (κ3) is 6.47. The van der Waals surface area contributed by atoms with Crippen LogP contribution in [0.15, 0.2) is 91.0 Å². The van der Waals surface area contributed by atoms with Gasteiger partial charge in [-0.2, -0.15) is 0 Å². The van der Waals surface area contributed by atoms with Crippen LogP contribution in [-0.2, 0) is 36.5 Å². The molecule has 0 bridgehead atoms. The molecule has 0 atom stereocenters. The van der Waals surface area contributed by atoms with Crippen LogP contribution in [0.1, 0.15) is 58.2 Å². The first-order chi connectivity index (χ1) is 15.5. The van der Waals surface area contributed by atoms with Gasteiger partial charge in [-0.25, -0.2) is 0 Å². The van der Waals surface area contributed by atoms with Crippen LogP contribution in [0.4, 0.5) is 0 Å². The summed E-state index contributed by atoms with van der Waals surface area (Å²) in [4.78, 5) is 0. The molecule has 1 nitrogen and oxygen atoms in total. The first kappa shape index (κ1) is 25.9. The van der Waals surface area contributed by atoms with E-state index >= 15 is 0 Å². The monoisotopic (exact) mass is 478 g/mol. The fourth-order valence-electron chi connectivity index (χ4n) is 5.79. The quantitative estimate of drug-likeness (QED) is 0.264. The maximum absolute atomic E-state index is 6.80. The summed E-state index contributed by atoms with van der Waals surface area (Å²) in [5, 5.41) is 0. The van der Waals surface area contributed by atoms with Gasteiger partial charge in [0.2, 0.25) is 0 Å². The topological polar surface area (TPSA) is 9.23 Å². The van der Waals surface area contributed by atoms with Gasteiger partial charge in [-0.3, -0.25) is 0 Å². The first-order valence-corrected chi connectivity index (χ1v) is 16.2. The van der Waals surface area contributed by atoms with Crippen LogP contribution in [0, 0.1) is 0 Å². The van der Waals surface area contributed by atoms with E-state index in [1.807, 2.05) is 7.11 Å². The fourth-order valence-corrected chi connectivity index (χ4v) is 15.6. The summed E-state index contributed by atoms with van der Waals surface area (Å²) < 4.78 is 10.2. The Kier molecular flexibility index (Phi) is 8.10. The molecule has 0 heterocycles. The van der Waals surface area contributed by atoms with E-state index < -0.39 is 17.0 Å². The molecular weight excluding hydrogens is 436 g/mol. The third-order valence-electron chi connectivity index (χ3n) is 7.39. The Balaban J connectivity index is 2.04. The van der Waals surface area contributed by atoms with E-state index in [1.165, 1.54) is 16.7 Å². The number of hydrogen-bond acceptors (Lipinski definition) is 1. The summed E-state index contributed by atoms with van der Waals surface area (Å²) in [5.74, 6) is 0. The molecule has 0 aliphatic heterocycles. The van der Waals surface area contributed by atoms with Gasteiger partial charge in [0.25, 0.3) is 0 Å². The summed E-state index contributed by atoms with van der Waals surface area (Å²) in [6, 6.07) is 33.1. The van der Waals surface area contributed by atoms with Gasteiger partial charge in [-0.05, 0) is 0 Å². The number of hydrogen-bond donors (Lipinski definition) is 0. The molecule has 0 radical (unpaired) electrons. The van der Waals surface area contributed by atoms with Crippen LogP contribution >= 0.6 is 0 Å². The fraction of sp³-hybridized carbons (Fsp3) is 0.419. The first-order valence-electron chi connectivity index (χ1n) is 12.2. The van der Waals surface area contributed by atoms with Gasteiger partial charge in [-0.15, -0.1) is 0 Å². The molecule has 0 amide bonds. The van der Waals surface area contributed by atoms with E-state index in [9.17, 15) is 0 Å². The molecule has 0 unspecified atom stereocenters. The summed E-state index contributed by atoms with van der Waals surface area (Å²) in [5.41, 5.74) is 4.43. The summed E-state index contributed by atoms with van der Waals surface area (Å²) >= 11 is -2.90. The Morgan fingerprint density at radius 2 is 0.727 bits per heavy atom. The van der Waals surface area contributed by atoms with Crippen LogP contribution in [-0.4, -0.2) is 7.11 Å². The molecule has 3 aromatic carbocycles. The minimum absolute atomic E-state index is 0.0663. The second kappa shape index (κ2) is 10.3. The molecule has 3 aromatic rings. The van der Waals surface area contributed by atoms with Crippen LogP contribution in [0.2, 0.25) is 14.2 Å². The summed E-state index contributed by atoms with van der Waals surface area (Å²) in [6.45, 7) is 14.5. The van der Waals surface area contributed by atoms with Crippen LogP contribution in [0.5, 0.6) is 0 Å². The standard InChI is InChI=1S/3C10H13.CH3O.Ti/c3*1-10(2,3)9-7-5-4-6-8-9;1-2;/h3*4-8H,1H2,2-3H3;1H3;/q;;;-1;+1. The van der Waals surface area contributed by atoms with E-state index in [1.54, 1.807) is 0 Å². The Hall–Kier alpha value is -1.67. The zero-order valence-corrected chi connectivity index (χ0v) is 23.3. The average molecular weight is 479 g/mol. The van der Waals surface area contributed by atoms with Crippen molar-refractivity contribution in [3.8, 4) is 0 Å². The van der Waals surface area contributed by atoms with Gasteiger partial charge >= 0.3 is 207 Å². The molecule has 0 aliphatic carbocycles. The molecule has 33 heavy (non-hydrogen) atoms. The Morgan fingerprint density at radius 1 is 0.485 bits per heavy atom. The predicted molar refractivity (Wildman–Crippen MR) is 140 cm³/mol. The third-order valence-corrected chi connectivity index (χ3v) is 15.9. The Labute approximate surface area is 206 Å². The second-order valence-electron chi connectivity index (χ2n) is 11.7. The summed E-state index contributed by atoms with van der Waals surface area (Å²) in [6.07, 6.45) is 0. The van der Waals surface area contributed by atoms with Crippen molar-refractivity contribution in [2.75, 3.05) is 7.11 Å². The van der Waals surface area contributed by atoms with Crippen molar-refractivity contribution >= 4 is 0 Å². The molecule has 0 aromatic heterocycles. The minimum atomic E-state index is -2.90. The van der Waals surface area contributed by atoms with E-state index in [0.717, 1.165) is 14.2 Å². The van der Waals surface area contributed by atoms with E-state index in [0.29, 0.717) is 0 Å². The predicted octanol–water partition coefficient (Wildman–Crippen LogP) is 8.89. The van der Waals surface area contributed by atoms with Crippen molar-refractivity contribution in [3.05, 3.63) is 108 Å². The van der Waals surface area contributed by atoms with Crippen LogP contribution < -0.4 is 0 Å². The van der Waals surface area contributed by atoms with Gasteiger partial charge in [0.05, 0.1) is 0 Å². The molecule has 0 N–H and O–H groups in total. The molecule has 0 spiro atoms. The number of benzene rings is 3. The Bertz CT molecular complexity index is 861. The van der Waals surface area contributed by atoms with Gasteiger partial charge in [-0.1, -0.05) is 0 Å². The van der Waals surface area contributed by atoms with Crippen LogP contribution in [0.25, 0.3) is 0 Å². The van der Waals surface area contributed by atoms with Gasteiger partial charge in [0.1, 0.15) is 0 Å². The zero-order chi connectivity index (χ0) is 24.2. The van der Waals surface area contributed by atoms with Crippen molar-refractivity contribution < 1.29 is 20.3 Å². The number of rotatable bonds is 10. The normalized spacial score (nSPS) is 13.2. The molecule has 0 fully saturated rings. The van der Waals surface area contributed by atoms with Crippen molar-refractivity contribution in [2.24, 2.45) is 0 Å². The molecule has 0 saturated heterocycles.